The lowest BCUT2D eigenvalue weighted by Gasteiger charge is -1.98. The molecular weight excluding hydrogens is 158 g/mol. The van der Waals surface area contributed by atoms with Crippen LogP contribution in [0.1, 0.15) is 11.3 Å². The van der Waals surface area contributed by atoms with Crippen LogP contribution in [-0.2, 0) is 0 Å². The molecule has 12 heavy (non-hydrogen) atoms. The molecule has 4 N–H and O–H groups in total. The zero-order valence-corrected chi connectivity index (χ0v) is 6.53. The van der Waals surface area contributed by atoms with E-state index < -0.39 is 0 Å². The third-order valence-corrected chi connectivity index (χ3v) is 1.38. The molecule has 0 amide bonds. The summed E-state index contributed by atoms with van der Waals surface area (Å²) in [5.74, 6) is -0.0656. The number of rotatable bonds is 1. The Hall–Kier alpha value is -1.78. The van der Waals surface area contributed by atoms with E-state index in [9.17, 15) is 4.79 Å². The SMILES string of the molecule is Cc1cc(/C(N)=N/O)cc(=O)[nH]1. The zero-order chi connectivity index (χ0) is 9.14. The number of oxime groups is 1. The van der Waals surface area contributed by atoms with Crippen LogP contribution in [0.3, 0.4) is 0 Å². The number of hydrogen-bond acceptors (Lipinski definition) is 3. The number of aromatic nitrogens is 1. The number of aromatic amines is 1. The highest BCUT2D eigenvalue weighted by Crippen LogP contribution is 1.96. The monoisotopic (exact) mass is 167 g/mol. The number of nitrogens with two attached hydrogens (primary N) is 1. The first-order valence-corrected chi connectivity index (χ1v) is 3.32. The minimum absolute atomic E-state index is 0.0656. The molecule has 0 atom stereocenters. The standard InChI is InChI=1S/C7H9N3O2/c1-4-2-5(7(8)10-12)3-6(11)9-4/h2-3,12H,1H3,(H2,8,10)(H,9,11). The van der Waals surface area contributed by atoms with Gasteiger partial charge in [-0.05, 0) is 13.0 Å². The summed E-state index contributed by atoms with van der Waals surface area (Å²) >= 11 is 0. The Morgan fingerprint density at radius 2 is 2.33 bits per heavy atom. The minimum atomic E-state index is -0.267. The van der Waals surface area contributed by atoms with E-state index >= 15 is 0 Å². The van der Waals surface area contributed by atoms with E-state index in [1.54, 1.807) is 13.0 Å². The Labute approximate surface area is 68.5 Å². The molecule has 0 unspecified atom stereocenters. The highest BCUT2D eigenvalue weighted by atomic mass is 16.4. The molecule has 1 aromatic rings. The zero-order valence-electron chi connectivity index (χ0n) is 6.53. The Bertz CT molecular complexity index is 367. The quantitative estimate of drug-likeness (QED) is 0.233. The van der Waals surface area contributed by atoms with Crippen molar-refractivity contribution in [1.82, 2.24) is 4.98 Å². The Morgan fingerprint density at radius 1 is 1.67 bits per heavy atom. The molecule has 1 heterocycles. The average Bonchev–Trinajstić information content (AvgIpc) is 2.01. The maximum atomic E-state index is 10.9. The van der Waals surface area contributed by atoms with Gasteiger partial charge in [-0.25, -0.2) is 0 Å². The Balaban J connectivity index is 3.27. The van der Waals surface area contributed by atoms with Gasteiger partial charge in [-0.3, -0.25) is 4.79 Å². The summed E-state index contributed by atoms with van der Waals surface area (Å²) in [7, 11) is 0. The van der Waals surface area contributed by atoms with Crippen LogP contribution in [0.5, 0.6) is 0 Å². The summed E-state index contributed by atoms with van der Waals surface area (Å²) in [5.41, 5.74) is 6.10. The molecule has 1 rings (SSSR count). The number of pyridine rings is 1. The fraction of sp³-hybridized carbons (Fsp3) is 0.143. The summed E-state index contributed by atoms with van der Waals surface area (Å²) in [6.45, 7) is 1.72. The number of H-pyrrole nitrogens is 1. The van der Waals surface area contributed by atoms with Crippen LogP contribution in [0.15, 0.2) is 22.1 Å². The van der Waals surface area contributed by atoms with Gasteiger partial charge in [0.2, 0.25) is 5.56 Å². The maximum absolute atomic E-state index is 10.9. The van der Waals surface area contributed by atoms with E-state index in [0.717, 1.165) is 0 Å². The minimum Gasteiger partial charge on any atom is -0.409 e. The summed E-state index contributed by atoms with van der Waals surface area (Å²) in [6.07, 6.45) is 0. The first kappa shape index (κ1) is 8.32. The van der Waals surface area contributed by atoms with Crippen LogP contribution < -0.4 is 11.3 Å². The van der Waals surface area contributed by atoms with Crippen LogP contribution in [0.2, 0.25) is 0 Å². The van der Waals surface area contributed by atoms with Crippen molar-refractivity contribution >= 4 is 5.84 Å². The average molecular weight is 167 g/mol. The highest BCUT2D eigenvalue weighted by molar-refractivity contribution is 5.96. The smallest absolute Gasteiger partial charge is 0.248 e. The van der Waals surface area contributed by atoms with Gasteiger partial charge >= 0.3 is 0 Å². The fourth-order valence-electron chi connectivity index (χ4n) is 0.888. The molecule has 0 bridgehead atoms. The molecule has 0 aromatic carbocycles. The lowest BCUT2D eigenvalue weighted by molar-refractivity contribution is 0.318. The molecule has 0 saturated carbocycles. The van der Waals surface area contributed by atoms with Crippen molar-refractivity contribution in [3.8, 4) is 0 Å². The van der Waals surface area contributed by atoms with Crippen molar-refractivity contribution in [3.05, 3.63) is 33.7 Å². The van der Waals surface area contributed by atoms with Gasteiger partial charge in [-0.1, -0.05) is 5.16 Å². The summed E-state index contributed by atoms with van der Waals surface area (Å²) in [4.78, 5) is 13.4. The van der Waals surface area contributed by atoms with E-state index in [1.807, 2.05) is 0 Å². The van der Waals surface area contributed by atoms with Crippen LogP contribution in [0.4, 0.5) is 0 Å². The van der Waals surface area contributed by atoms with Gasteiger partial charge in [0.15, 0.2) is 5.84 Å². The first-order valence-electron chi connectivity index (χ1n) is 3.32. The van der Waals surface area contributed by atoms with Crippen LogP contribution >= 0.6 is 0 Å². The van der Waals surface area contributed by atoms with Gasteiger partial charge in [0.05, 0.1) is 0 Å². The van der Waals surface area contributed by atoms with Gasteiger partial charge in [-0.15, -0.1) is 0 Å². The van der Waals surface area contributed by atoms with Crippen molar-refractivity contribution in [1.29, 1.82) is 0 Å². The van der Waals surface area contributed by atoms with Crippen LogP contribution in [0, 0.1) is 6.92 Å². The summed E-state index contributed by atoms with van der Waals surface area (Å²) in [5, 5.41) is 11.1. The van der Waals surface area contributed by atoms with Crippen molar-refractivity contribution in [2.24, 2.45) is 10.9 Å². The van der Waals surface area contributed by atoms with Crippen molar-refractivity contribution in [2.75, 3.05) is 0 Å². The predicted molar refractivity (Wildman–Crippen MR) is 44.3 cm³/mol. The number of amidine groups is 1. The van der Waals surface area contributed by atoms with Crippen molar-refractivity contribution in [3.63, 3.8) is 0 Å². The van der Waals surface area contributed by atoms with E-state index in [0.29, 0.717) is 11.3 Å². The van der Waals surface area contributed by atoms with Gasteiger partial charge in [0.1, 0.15) is 0 Å². The van der Waals surface area contributed by atoms with Gasteiger partial charge in [0.25, 0.3) is 0 Å². The van der Waals surface area contributed by atoms with Crippen molar-refractivity contribution in [2.45, 2.75) is 6.92 Å². The molecule has 64 valence electrons. The number of nitrogens with zero attached hydrogens (tertiary/aromatic N) is 1. The van der Waals surface area contributed by atoms with Gasteiger partial charge < -0.3 is 15.9 Å². The number of hydrogen-bond donors (Lipinski definition) is 3. The molecule has 0 spiro atoms. The maximum Gasteiger partial charge on any atom is 0.248 e. The van der Waals surface area contributed by atoms with Crippen LogP contribution in [-0.4, -0.2) is 16.0 Å². The molecule has 5 heteroatoms. The molecular formula is C7H9N3O2. The molecule has 0 saturated heterocycles. The first-order chi connectivity index (χ1) is 5.63. The fourth-order valence-corrected chi connectivity index (χ4v) is 0.888. The second-order valence-electron chi connectivity index (χ2n) is 2.40. The third kappa shape index (κ3) is 1.63. The molecule has 0 aliphatic heterocycles. The van der Waals surface area contributed by atoms with E-state index in [4.69, 9.17) is 10.9 Å². The molecule has 1 aromatic heterocycles. The van der Waals surface area contributed by atoms with Crippen LogP contribution in [0.25, 0.3) is 0 Å². The molecule has 0 fully saturated rings. The molecule has 0 aliphatic rings. The molecule has 0 radical (unpaired) electrons. The summed E-state index contributed by atoms with van der Waals surface area (Å²) in [6, 6.07) is 2.89. The van der Waals surface area contributed by atoms with E-state index in [-0.39, 0.29) is 11.4 Å². The second kappa shape index (κ2) is 3.08. The topological polar surface area (TPSA) is 91.5 Å². The molecule has 5 nitrogen and oxygen atoms in total. The van der Waals surface area contributed by atoms with E-state index in [2.05, 4.69) is 10.1 Å². The predicted octanol–water partition coefficient (Wildman–Crippen LogP) is -0.222. The normalized spacial score (nSPS) is 11.6. The summed E-state index contributed by atoms with van der Waals surface area (Å²) < 4.78 is 0. The third-order valence-electron chi connectivity index (χ3n) is 1.38. The van der Waals surface area contributed by atoms with E-state index in [1.165, 1.54) is 6.07 Å². The number of aryl methyl sites for hydroxylation is 1. The Kier molecular flexibility index (Phi) is 2.14. The Morgan fingerprint density at radius 3 is 2.83 bits per heavy atom. The lowest BCUT2D eigenvalue weighted by Crippen LogP contribution is -2.17. The second-order valence-corrected chi connectivity index (χ2v) is 2.40. The van der Waals surface area contributed by atoms with Gasteiger partial charge in [0, 0.05) is 17.3 Å². The highest BCUT2D eigenvalue weighted by Gasteiger charge is 2.00. The number of nitrogens with one attached hydrogen (secondary N) is 1. The largest absolute Gasteiger partial charge is 0.409 e. The lowest BCUT2D eigenvalue weighted by atomic mass is 10.2. The van der Waals surface area contributed by atoms with Gasteiger partial charge in [-0.2, -0.15) is 0 Å². The van der Waals surface area contributed by atoms with Crippen molar-refractivity contribution < 1.29 is 5.21 Å². The molecule has 0 aliphatic carbocycles.